The maximum absolute atomic E-state index is 14.2. The van der Waals surface area contributed by atoms with Crippen LogP contribution in [0.25, 0.3) is 22.0 Å². The molecule has 3 heterocycles. The summed E-state index contributed by atoms with van der Waals surface area (Å²) < 4.78 is 36.3. The predicted molar refractivity (Wildman–Crippen MR) is 148 cm³/mol. The Morgan fingerprint density at radius 1 is 1.03 bits per heavy atom. The Morgan fingerprint density at radius 3 is 2.61 bits per heavy atom. The van der Waals surface area contributed by atoms with E-state index in [2.05, 4.69) is 9.88 Å². The Bertz CT molecular complexity index is 1640. The topological polar surface area (TPSA) is 77.4 Å². The number of fused-ring (bicyclic) bond motifs is 6. The second-order valence-corrected chi connectivity index (χ2v) is 12.3. The van der Waals surface area contributed by atoms with E-state index in [4.69, 9.17) is 4.74 Å². The second-order valence-electron chi connectivity index (χ2n) is 10.3. The van der Waals surface area contributed by atoms with Crippen molar-refractivity contribution in [1.82, 2.24) is 9.88 Å². The van der Waals surface area contributed by atoms with Crippen molar-refractivity contribution in [1.29, 1.82) is 0 Å². The van der Waals surface area contributed by atoms with Gasteiger partial charge in [-0.15, -0.1) is 0 Å². The molecule has 0 radical (unpaired) electrons. The molecule has 38 heavy (non-hydrogen) atoms. The summed E-state index contributed by atoms with van der Waals surface area (Å²) in [7, 11) is -2.02. The number of carbonyl (C=O) groups is 1. The molecule has 2 atom stereocenters. The van der Waals surface area contributed by atoms with Gasteiger partial charge in [0.25, 0.3) is 0 Å². The lowest BCUT2D eigenvalue weighted by Crippen LogP contribution is -2.32. The van der Waals surface area contributed by atoms with Crippen LogP contribution < -0.4 is 5.32 Å². The van der Waals surface area contributed by atoms with Crippen LogP contribution in [0.4, 0.5) is 0 Å². The van der Waals surface area contributed by atoms with Gasteiger partial charge in [0.2, 0.25) is 9.84 Å². The molecule has 7 heteroatoms. The number of sulfone groups is 1. The van der Waals surface area contributed by atoms with Gasteiger partial charge in [-0.3, -0.25) is 0 Å². The molecule has 0 aliphatic carbocycles. The number of hydrogen-bond donors (Lipinski definition) is 1. The van der Waals surface area contributed by atoms with Gasteiger partial charge >= 0.3 is 5.97 Å². The molecule has 0 amide bonds. The van der Waals surface area contributed by atoms with Crippen LogP contribution in [0.2, 0.25) is 0 Å². The minimum absolute atomic E-state index is 0.00484. The number of aromatic nitrogens is 1. The minimum atomic E-state index is -4.03. The molecule has 4 aromatic rings. The van der Waals surface area contributed by atoms with Gasteiger partial charge in [-0.05, 0) is 60.2 Å². The summed E-state index contributed by atoms with van der Waals surface area (Å²) in [5, 5.41) is 4.38. The third-order valence-electron chi connectivity index (χ3n) is 8.00. The van der Waals surface area contributed by atoms with Crippen molar-refractivity contribution in [2.24, 2.45) is 7.05 Å². The quantitative estimate of drug-likeness (QED) is 0.236. The van der Waals surface area contributed by atoms with Crippen molar-refractivity contribution in [2.75, 3.05) is 6.61 Å². The molecule has 1 N–H and O–H groups in total. The summed E-state index contributed by atoms with van der Waals surface area (Å²) in [5.41, 5.74) is 4.98. The molecule has 2 bridgehead atoms. The number of hydrogen-bond acceptors (Lipinski definition) is 5. The lowest BCUT2D eigenvalue weighted by atomic mass is 9.96. The summed E-state index contributed by atoms with van der Waals surface area (Å²) in [6, 6.07) is 20.6. The highest BCUT2D eigenvalue weighted by molar-refractivity contribution is 7.91. The van der Waals surface area contributed by atoms with Gasteiger partial charge in [0.05, 0.1) is 22.0 Å². The smallest absolute Gasteiger partial charge is 0.340 e. The number of carbonyl (C=O) groups excluding carboxylic acids is 1. The molecular formula is C31H32N2O4S. The van der Waals surface area contributed by atoms with Gasteiger partial charge < -0.3 is 14.6 Å². The van der Waals surface area contributed by atoms with Gasteiger partial charge in [0.15, 0.2) is 0 Å². The van der Waals surface area contributed by atoms with E-state index < -0.39 is 15.8 Å². The number of esters is 1. The van der Waals surface area contributed by atoms with Crippen LogP contribution in [0, 0.1) is 0 Å². The van der Waals surface area contributed by atoms with Crippen LogP contribution in [0.3, 0.4) is 0 Å². The molecule has 6 rings (SSSR count). The SMILES string of the molecule is CCCCOC(=O)c1c(S(=O)(=O)c2cccc(-c3ccccc3)c2)ccc2c1c1c(n2C)CC2CCC1N2. The van der Waals surface area contributed by atoms with Crippen LogP contribution in [-0.4, -0.2) is 31.6 Å². The lowest BCUT2D eigenvalue weighted by Gasteiger charge is -2.23. The largest absolute Gasteiger partial charge is 0.462 e. The number of ether oxygens (including phenoxy) is 1. The number of unbranched alkanes of at least 4 members (excludes halogenated alkanes) is 1. The fraction of sp³-hybridized carbons (Fsp3) is 0.323. The molecule has 1 fully saturated rings. The van der Waals surface area contributed by atoms with Gasteiger partial charge in [-0.1, -0.05) is 55.8 Å². The summed E-state index contributed by atoms with van der Waals surface area (Å²) >= 11 is 0. The van der Waals surface area contributed by atoms with E-state index in [1.54, 1.807) is 24.3 Å². The Labute approximate surface area is 223 Å². The van der Waals surface area contributed by atoms with Gasteiger partial charge in [-0.25, -0.2) is 13.2 Å². The first kappa shape index (κ1) is 24.9. The average molecular weight is 529 g/mol. The maximum Gasteiger partial charge on any atom is 0.340 e. The van der Waals surface area contributed by atoms with E-state index in [-0.39, 0.29) is 28.0 Å². The van der Waals surface area contributed by atoms with Crippen molar-refractivity contribution in [3.05, 3.63) is 83.6 Å². The molecule has 196 valence electrons. The van der Waals surface area contributed by atoms with Crippen LogP contribution in [0.1, 0.15) is 60.3 Å². The third kappa shape index (κ3) is 4.05. The molecule has 2 aliphatic heterocycles. The van der Waals surface area contributed by atoms with Gasteiger partial charge in [0.1, 0.15) is 0 Å². The zero-order valence-electron chi connectivity index (χ0n) is 21.7. The number of rotatable bonds is 7. The van der Waals surface area contributed by atoms with E-state index in [9.17, 15) is 13.2 Å². The zero-order chi connectivity index (χ0) is 26.4. The molecule has 1 saturated heterocycles. The second kappa shape index (κ2) is 9.71. The first-order valence-corrected chi connectivity index (χ1v) is 14.9. The molecule has 0 saturated carbocycles. The number of nitrogens with zero attached hydrogens (tertiary/aromatic N) is 1. The molecule has 2 aliphatic rings. The highest BCUT2D eigenvalue weighted by Gasteiger charge is 2.39. The molecule has 6 nitrogen and oxygen atoms in total. The van der Waals surface area contributed by atoms with Crippen molar-refractivity contribution in [3.8, 4) is 11.1 Å². The standard InChI is InChI=1S/C31H32N2O4S/c1-3-4-17-37-31(34)30-27(38(35,36)23-12-8-11-21(18-23)20-9-6-5-7-10-20)16-15-25-29(30)28-24-14-13-22(32-24)19-26(28)33(25)2/h5-12,15-16,18,22,24,32H,3-4,13-14,17,19H2,1-2H3. The van der Waals surface area contributed by atoms with Crippen molar-refractivity contribution in [3.63, 3.8) is 0 Å². The van der Waals surface area contributed by atoms with E-state index in [1.165, 1.54) is 5.69 Å². The zero-order valence-corrected chi connectivity index (χ0v) is 22.6. The fourth-order valence-electron chi connectivity index (χ4n) is 6.07. The maximum atomic E-state index is 14.2. The highest BCUT2D eigenvalue weighted by atomic mass is 32.2. The Hall–Kier alpha value is -3.42. The average Bonchev–Trinajstić information content (AvgIpc) is 3.46. The molecule has 1 aromatic heterocycles. The summed E-state index contributed by atoms with van der Waals surface area (Å²) in [6.45, 7) is 2.29. The summed E-state index contributed by atoms with van der Waals surface area (Å²) in [6.07, 6.45) is 4.51. The van der Waals surface area contributed by atoms with E-state index >= 15 is 0 Å². The molecule has 2 unspecified atom stereocenters. The summed E-state index contributed by atoms with van der Waals surface area (Å²) in [4.78, 5) is 13.9. The van der Waals surface area contributed by atoms with Crippen molar-refractivity contribution < 1.29 is 17.9 Å². The van der Waals surface area contributed by atoms with Crippen molar-refractivity contribution in [2.45, 2.75) is 60.9 Å². The van der Waals surface area contributed by atoms with E-state index in [1.807, 2.05) is 56.4 Å². The Kier molecular flexibility index (Phi) is 6.36. The Balaban J connectivity index is 1.56. The number of aryl methyl sites for hydroxylation is 1. The first-order valence-electron chi connectivity index (χ1n) is 13.4. The third-order valence-corrected chi connectivity index (χ3v) is 9.79. The molecular weight excluding hydrogens is 496 g/mol. The summed E-state index contributed by atoms with van der Waals surface area (Å²) in [5.74, 6) is -0.574. The van der Waals surface area contributed by atoms with Crippen molar-refractivity contribution >= 4 is 26.7 Å². The minimum Gasteiger partial charge on any atom is -0.462 e. The van der Waals surface area contributed by atoms with Crippen LogP contribution in [0.5, 0.6) is 0 Å². The molecule has 0 spiro atoms. The van der Waals surface area contributed by atoms with Crippen LogP contribution in [-0.2, 0) is 28.0 Å². The van der Waals surface area contributed by atoms with Gasteiger partial charge in [-0.2, -0.15) is 0 Å². The normalized spacial score (nSPS) is 18.5. The number of benzene rings is 3. The monoisotopic (exact) mass is 528 g/mol. The van der Waals surface area contributed by atoms with E-state index in [0.29, 0.717) is 11.4 Å². The molecule has 3 aromatic carbocycles. The predicted octanol–water partition coefficient (Wildman–Crippen LogP) is 5.98. The fourth-order valence-corrected chi connectivity index (χ4v) is 7.56. The highest BCUT2D eigenvalue weighted by Crippen LogP contribution is 2.44. The van der Waals surface area contributed by atoms with Gasteiger partial charge in [0, 0.05) is 42.1 Å². The van der Waals surface area contributed by atoms with Crippen LogP contribution in [0.15, 0.2) is 76.5 Å². The number of nitrogens with one attached hydrogen (secondary N) is 1. The van der Waals surface area contributed by atoms with Crippen LogP contribution >= 0.6 is 0 Å². The first-order chi connectivity index (χ1) is 18.4. The Morgan fingerprint density at radius 2 is 1.82 bits per heavy atom. The lowest BCUT2D eigenvalue weighted by molar-refractivity contribution is 0.0497. The van der Waals surface area contributed by atoms with E-state index in [0.717, 1.165) is 54.3 Å².